The van der Waals surface area contributed by atoms with Gasteiger partial charge in [0.25, 0.3) is 0 Å². The lowest BCUT2D eigenvalue weighted by Crippen LogP contribution is -2.39. The summed E-state index contributed by atoms with van der Waals surface area (Å²) in [7, 11) is 0. The van der Waals surface area contributed by atoms with Gasteiger partial charge in [0.15, 0.2) is 0 Å². The summed E-state index contributed by atoms with van der Waals surface area (Å²) in [6.45, 7) is 17.2. The maximum atomic E-state index is 11.4. The second-order valence-electron chi connectivity index (χ2n) is 11.9. The van der Waals surface area contributed by atoms with Crippen molar-refractivity contribution in [2.75, 3.05) is 6.61 Å². The first-order valence-electron chi connectivity index (χ1n) is 14.3. The van der Waals surface area contributed by atoms with Crippen LogP contribution in [0.3, 0.4) is 0 Å². The molecule has 7 unspecified atom stereocenters. The lowest BCUT2D eigenvalue weighted by Gasteiger charge is -2.37. The van der Waals surface area contributed by atoms with Crippen LogP contribution in [0.2, 0.25) is 0 Å². The van der Waals surface area contributed by atoms with Crippen molar-refractivity contribution in [2.45, 2.75) is 137 Å². The molecular weight excluding hydrogens is 436 g/mol. The Morgan fingerprint density at radius 3 is 2.40 bits per heavy atom. The Kier molecular flexibility index (Phi) is 14.6. The quantitative estimate of drug-likeness (QED) is 0.207. The zero-order chi connectivity index (χ0) is 26.6. The van der Waals surface area contributed by atoms with Gasteiger partial charge in [-0.25, -0.2) is 0 Å². The van der Waals surface area contributed by atoms with E-state index in [1.807, 2.05) is 13.8 Å². The summed E-state index contributed by atoms with van der Waals surface area (Å²) in [5.74, 6) is 1.55. The van der Waals surface area contributed by atoms with Crippen molar-refractivity contribution < 1.29 is 19.7 Å². The highest BCUT2D eigenvalue weighted by atomic mass is 16.5. The van der Waals surface area contributed by atoms with Crippen molar-refractivity contribution in [3.63, 3.8) is 0 Å². The van der Waals surface area contributed by atoms with Crippen molar-refractivity contribution in [3.05, 3.63) is 23.3 Å². The van der Waals surface area contributed by atoms with E-state index in [9.17, 15) is 15.0 Å². The second-order valence-corrected chi connectivity index (χ2v) is 11.9. The molecule has 4 heteroatoms. The zero-order valence-corrected chi connectivity index (χ0v) is 24.1. The number of hydrogen-bond acceptors (Lipinski definition) is 4. The molecule has 0 saturated carbocycles. The summed E-state index contributed by atoms with van der Waals surface area (Å²) in [5, 5.41) is 21.1. The van der Waals surface area contributed by atoms with Crippen molar-refractivity contribution in [1.29, 1.82) is 0 Å². The molecule has 2 N–H and O–H groups in total. The van der Waals surface area contributed by atoms with E-state index < -0.39 is 5.60 Å². The van der Waals surface area contributed by atoms with Gasteiger partial charge >= 0.3 is 0 Å². The Hall–Kier alpha value is -0.970. The van der Waals surface area contributed by atoms with E-state index in [2.05, 4.69) is 46.8 Å². The molecule has 0 radical (unpaired) electrons. The van der Waals surface area contributed by atoms with E-state index in [-0.39, 0.29) is 29.8 Å². The number of allylic oxidation sites excluding steroid dienone is 2. The largest absolute Gasteiger partial charge is 0.390 e. The lowest BCUT2D eigenvalue weighted by molar-refractivity contribution is -0.120. The molecule has 1 rings (SSSR count). The number of ether oxygens (including phenoxy) is 1. The first-order chi connectivity index (χ1) is 16.4. The Balaban J connectivity index is 2.34. The van der Waals surface area contributed by atoms with E-state index in [0.717, 1.165) is 57.8 Å². The minimum atomic E-state index is -0.638. The van der Waals surface area contributed by atoms with Gasteiger partial charge in [0, 0.05) is 12.5 Å². The topological polar surface area (TPSA) is 66.8 Å². The molecule has 0 aromatic heterocycles. The van der Waals surface area contributed by atoms with Crippen LogP contribution in [0.4, 0.5) is 0 Å². The van der Waals surface area contributed by atoms with Gasteiger partial charge < -0.3 is 14.9 Å². The summed E-state index contributed by atoms with van der Waals surface area (Å²) in [4.78, 5) is 11.4. The average molecular weight is 493 g/mol. The predicted octanol–water partition coefficient (Wildman–Crippen LogP) is 7.42. The second kappa shape index (κ2) is 16.0. The fourth-order valence-corrected chi connectivity index (χ4v) is 5.19. The van der Waals surface area contributed by atoms with Crippen molar-refractivity contribution in [3.8, 4) is 0 Å². The molecule has 4 nitrogen and oxygen atoms in total. The number of rotatable bonds is 17. The van der Waals surface area contributed by atoms with E-state index in [4.69, 9.17) is 4.74 Å². The number of Topliss-reactive ketones (excluding diaryl/α,β-unsaturated/α-hetero) is 1. The molecule has 0 aromatic rings. The molecule has 1 aliphatic carbocycles. The monoisotopic (exact) mass is 492 g/mol. The van der Waals surface area contributed by atoms with Crippen LogP contribution < -0.4 is 0 Å². The molecule has 7 atom stereocenters. The third-order valence-corrected chi connectivity index (χ3v) is 8.35. The molecule has 0 aromatic carbocycles. The molecule has 35 heavy (non-hydrogen) atoms. The number of ketones is 1. The molecule has 0 saturated heterocycles. The van der Waals surface area contributed by atoms with Gasteiger partial charge in [-0.1, -0.05) is 45.4 Å². The maximum absolute atomic E-state index is 11.4. The Morgan fingerprint density at radius 2 is 1.77 bits per heavy atom. The minimum Gasteiger partial charge on any atom is -0.390 e. The van der Waals surface area contributed by atoms with Crippen LogP contribution in [-0.2, 0) is 9.53 Å². The minimum absolute atomic E-state index is 0.0997. The molecule has 0 amide bonds. The third kappa shape index (κ3) is 12.2. The van der Waals surface area contributed by atoms with Gasteiger partial charge in [-0.3, -0.25) is 4.79 Å². The van der Waals surface area contributed by atoms with Gasteiger partial charge in [0.2, 0.25) is 0 Å². The summed E-state index contributed by atoms with van der Waals surface area (Å²) in [6, 6.07) is 0. The van der Waals surface area contributed by atoms with Crippen molar-refractivity contribution >= 4 is 5.78 Å². The summed E-state index contributed by atoms with van der Waals surface area (Å²) in [5.41, 5.74) is 2.06. The van der Waals surface area contributed by atoms with Crippen LogP contribution in [0.25, 0.3) is 0 Å². The Morgan fingerprint density at radius 1 is 1.11 bits per heavy atom. The van der Waals surface area contributed by atoms with Crippen LogP contribution in [0.1, 0.15) is 120 Å². The SMILES string of the molecule is CCOC1C(CCC(C)CC/C=C(\C)CCCC(C)(O)CCCC(C)C(C)=O)=CC(O)C(C)C1C. The summed E-state index contributed by atoms with van der Waals surface area (Å²) in [6.07, 6.45) is 14.0. The predicted molar refractivity (Wildman–Crippen MR) is 147 cm³/mol. The number of carbonyl (C=O) groups is 1. The first kappa shape index (κ1) is 32.1. The maximum Gasteiger partial charge on any atom is 0.132 e. The van der Waals surface area contributed by atoms with Crippen LogP contribution in [0.5, 0.6) is 0 Å². The molecule has 0 spiro atoms. The molecule has 0 fully saturated rings. The van der Waals surface area contributed by atoms with Crippen LogP contribution in [0, 0.1) is 23.7 Å². The number of aliphatic hydroxyl groups excluding tert-OH is 1. The van der Waals surface area contributed by atoms with Crippen molar-refractivity contribution in [1.82, 2.24) is 0 Å². The Bertz CT molecular complexity index is 677. The normalized spacial score (nSPS) is 26.7. The van der Waals surface area contributed by atoms with Crippen molar-refractivity contribution in [2.24, 2.45) is 23.7 Å². The highest BCUT2D eigenvalue weighted by Gasteiger charge is 2.34. The number of aliphatic hydroxyl groups is 2. The smallest absolute Gasteiger partial charge is 0.132 e. The molecule has 204 valence electrons. The number of carbonyl (C=O) groups excluding carboxylic acids is 1. The van der Waals surface area contributed by atoms with Crippen LogP contribution in [0.15, 0.2) is 23.3 Å². The number of hydrogen-bond donors (Lipinski definition) is 2. The van der Waals surface area contributed by atoms with Gasteiger partial charge in [-0.15, -0.1) is 0 Å². The molecule has 0 bridgehead atoms. The van der Waals surface area contributed by atoms with E-state index >= 15 is 0 Å². The van der Waals surface area contributed by atoms with E-state index in [1.165, 1.54) is 17.6 Å². The lowest BCUT2D eigenvalue weighted by atomic mass is 9.76. The van der Waals surface area contributed by atoms with Crippen LogP contribution in [-0.4, -0.2) is 40.4 Å². The standard InChI is InChI=1S/C31H56O4/c1-9-35-30-26(6)25(5)29(33)21-28(30)18-17-23(3)14-10-13-22(2)15-11-19-31(8,34)20-12-16-24(4)27(7)32/h13,21,23-26,29-30,33-34H,9-12,14-20H2,1-8H3/b22-13+. The van der Waals surface area contributed by atoms with Crippen LogP contribution >= 0.6 is 0 Å². The molecule has 0 aliphatic heterocycles. The Labute approximate surface area is 216 Å². The van der Waals surface area contributed by atoms with Gasteiger partial charge in [0.1, 0.15) is 5.78 Å². The van der Waals surface area contributed by atoms with Gasteiger partial charge in [-0.05, 0) is 115 Å². The summed E-state index contributed by atoms with van der Waals surface area (Å²) >= 11 is 0. The van der Waals surface area contributed by atoms with Gasteiger partial charge in [-0.2, -0.15) is 0 Å². The molecule has 1 aliphatic rings. The molecule has 0 heterocycles. The average Bonchev–Trinajstić information content (AvgIpc) is 2.78. The fourth-order valence-electron chi connectivity index (χ4n) is 5.19. The van der Waals surface area contributed by atoms with Gasteiger partial charge in [0.05, 0.1) is 17.8 Å². The fraction of sp³-hybridized carbons (Fsp3) is 0.839. The molecular formula is C31H56O4. The highest BCUT2D eigenvalue weighted by molar-refractivity contribution is 5.77. The first-order valence-corrected chi connectivity index (χ1v) is 14.3. The third-order valence-electron chi connectivity index (χ3n) is 8.35. The summed E-state index contributed by atoms with van der Waals surface area (Å²) < 4.78 is 6.05. The van der Waals surface area contributed by atoms with E-state index in [1.54, 1.807) is 6.92 Å². The highest BCUT2D eigenvalue weighted by Crippen LogP contribution is 2.35. The van der Waals surface area contributed by atoms with E-state index in [0.29, 0.717) is 18.4 Å². The zero-order valence-electron chi connectivity index (χ0n) is 24.1.